The third-order valence-electron chi connectivity index (χ3n) is 3.42. The van der Waals surface area contributed by atoms with Crippen LogP contribution in [0.4, 0.5) is 0 Å². The van der Waals surface area contributed by atoms with E-state index in [2.05, 4.69) is 10.4 Å². The van der Waals surface area contributed by atoms with Gasteiger partial charge in [-0.3, -0.25) is 10.1 Å². The lowest BCUT2D eigenvalue weighted by Crippen LogP contribution is -2.57. The van der Waals surface area contributed by atoms with Crippen LogP contribution in [0.5, 0.6) is 0 Å². The molecule has 0 saturated heterocycles. The number of carbonyl (C=O) groups is 1. The van der Waals surface area contributed by atoms with Crippen LogP contribution in [0.1, 0.15) is 25.3 Å². The Balaban J connectivity index is 2.69. The number of aliphatic carboxylic acids is 1. The van der Waals surface area contributed by atoms with Gasteiger partial charge < -0.3 is 15.4 Å². The second-order valence-corrected chi connectivity index (χ2v) is 4.69. The number of carboxylic acids is 1. The number of aromatic nitrogens is 2. The normalized spacial score (nSPS) is 15.5. The number of nitrogens with zero attached hydrogens (tertiary/aromatic N) is 3. The summed E-state index contributed by atoms with van der Waals surface area (Å²) in [7, 11) is 0. The van der Waals surface area contributed by atoms with Crippen molar-refractivity contribution in [1.29, 1.82) is 0 Å². The molecule has 2 atom stereocenters. The van der Waals surface area contributed by atoms with E-state index in [1.807, 2.05) is 0 Å². The Labute approximate surface area is 118 Å². The van der Waals surface area contributed by atoms with Gasteiger partial charge in [-0.2, -0.15) is 0 Å². The van der Waals surface area contributed by atoms with Crippen LogP contribution in [0, 0.1) is 10.1 Å². The number of nitro groups is 1. The van der Waals surface area contributed by atoms with Crippen LogP contribution < -0.4 is 5.73 Å². The summed E-state index contributed by atoms with van der Waals surface area (Å²) in [5, 5.41) is 27.8. The zero-order valence-electron chi connectivity index (χ0n) is 11.2. The summed E-state index contributed by atoms with van der Waals surface area (Å²) in [6.07, 6.45) is 0.447. The molecule has 112 valence electrons. The highest BCUT2D eigenvalue weighted by Crippen LogP contribution is 2.32. The topological polar surface area (TPSA) is 145 Å². The van der Waals surface area contributed by atoms with Crippen molar-refractivity contribution in [3.63, 3.8) is 0 Å². The minimum Gasteiger partial charge on any atom is -0.479 e. The molecule has 0 spiro atoms. The van der Waals surface area contributed by atoms with Gasteiger partial charge in [0, 0.05) is 22.2 Å². The molecule has 0 fully saturated rings. The minimum absolute atomic E-state index is 0.0175. The van der Waals surface area contributed by atoms with Gasteiger partial charge in [0.2, 0.25) is 11.6 Å². The first-order valence-corrected chi connectivity index (χ1v) is 6.30. The zero-order chi connectivity index (χ0) is 15.6. The van der Waals surface area contributed by atoms with Crippen molar-refractivity contribution in [2.24, 2.45) is 5.73 Å². The van der Waals surface area contributed by atoms with Gasteiger partial charge in [-0.25, -0.2) is 4.79 Å². The molecule has 0 aliphatic carbocycles. The molecule has 3 N–H and O–H groups in total. The molecule has 2 rings (SSSR count). The molecule has 1 aromatic heterocycles. The van der Waals surface area contributed by atoms with Gasteiger partial charge in [0.15, 0.2) is 5.58 Å². The molecule has 1 aromatic carbocycles. The Kier molecular flexibility index (Phi) is 3.85. The fourth-order valence-electron chi connectivity index (χ4n) is 2.35. The number of rotatable bonds is 6. The van der Waals surface area contributed by atoms with E-state index in [1.54, 1.807) is 6.92 Å². The highest BCUT2D eigenvalue weighted by molar-refractivity contribution is 5.88. The van der Waals surface area contributed by atoms with Crippen LogP contribution in [0.3, 0.4) is 0 Å². The predicted octanol–water partition coefficient (Wildman–Crippen LogP) is 0.907. The first-order chi connectivity index (χ1) is 9.92. The maximum absolute atomic E-state index is 11.7. The van der Waals surface area contributed by atoms with Gasteiger partial charge in [-0.05, 0) is 12.5 Å². The first kappa shape index (κ1) is 14.9. The lowest BCUT2D eigenvalue weighted by Gasteiger charge is -2.27. The van der Waals surface area contributed by atoms with E-state index in [9.17, 15) is 20.0 Å². The highest BCUT2D eigenvalue weighted by atomic mass is 16.6. The number of carboxylic acid groups (broad SMARTS) is 1. The molecule has 0 aliphatic rings. The van der Waals surface area contributed by atoms with Gasteiger partial charge >= 0.3 is 5.97 Å². The van der Waals surface area contributed by atoms with Crippen LogP contribution in [0.2, 0.25) is 0 Å². The van der Waals surface area contributed by atoms with Gasteiger partial charge in [-0.15, -0.1) is 5.10 Å². The molecule has 9 heteroatoms. The van der Waals surface area contributed by atoms with E-state index in [0.717, 1.165) is 0 Å². The largest absolute Gasteiger partial charge is 0.479 e. The van der Waals surface area contributed by atoms with Gasteiger partial charge in [0.1, 0.15) is 5.52 Å². The van der Waals surface area contributed by atoms with Crippen molar-refractivity contribution in [2.45, 2.75) is 31.3 Å². The number of nitrogens with two attached hydrogens (primary N) is 1. The van der Waals surface area contributed by atoms with E-state index in [0.29, 0.717) is 6.42 Å². The fraction of sp³-hybridized carbons (Fsp3) is 0.417. The summed E-state index contributed by atoms with van der Waals surface area (Å²) >= 11 is 0. The third kappa shape index (κ3) is 2.31. The zero-order valence-corrected chi connectivity index (χ0v) is 11.2. The fourth-order valence-corrected chi connectivity index (χ4v) is 2.35. The van der Waals surface area contributed by atoms with E-state index in [-0.39, 0.29) is 23.1 Å². The lowest BCUT2D eigenvalue weighted by molar-refractivity contribution is -0.533. The monoisotopic (exact) mass is 294 g/mol. The lowest BCUT2D eigenvalue weighted by atomic mass is 9.81. The Morgan fingerprint density at radius 1 is 1.62 bits per heavy atom. The maximum Gasteiger partial charge on any atom is 0.335 e. The maximum atomic E-state index is 11.7. The van der Waals surface area contributed by atoms with Gasteiger partial charge in [0.05, 0.1) is 0 Å². The summed E-state index contributed by atoms with van der Waals surface area (Å²) in [4.78, 5) is 22.3. The molecule has 1 heterocycles. The standard InChI is InChI=1S/C12H14N4O5/c1-2-4-9(16(19)20)12(13,11(17)18)7-5-3-6-8-10(7)14-15-21-8/h3,5-6,9H,2,4,13H2,1H3,(H,17,18). The van der Waals surface area contributed by atoms with Gasteiger partial charge in [-0.1, -0.05) is 19.1 Å². The molecule has 0 amide bonds. The van der Waals surface area contributed by atoms with Crippen LogP contribution in [-0.2, 0) is 10.3 Å². The van der Waals surface area contributed by atoms with Crippen molar-refractivity contribution in [3.8, 4) is 0 Å². The molecular formula is C12H14N4O5. The molecule has 0 aliphatic heterocycles. The Hall–Kier alpha value is -2.55. The van der Waals surface area contributed by atoms with Crippen LogP contribution in [0.25, 0.3) is 11.1 Å². The molecule has 0 radical (unpaired) electrons. The number of fused-ring (bicyclic) bond motifs is 1. The summed E-state index contributed by atoms with van der Waals surface area (Å²) in [5.74, 6) is -1.49. The second-order valence-electron chi connectivity index (χ2n) is 4.69. The molecule has 21 heavy (non-hydrogen) atoms. The SMILES string of the molecule is CCCC([N+](=O)[O-])C(N)(C(=O)O)c1cccc2onnc12. The Morgan fingerprint density at radius 3 is 2.90 bits per heavy atom. The van der Waals surface area contributed by atoms with Crippen molar-refractivity contribution < 1.29 is 19.3 Å². The third-order valence-corrected chi connectivity index (χ3v) is 3.42. The van der Waals surface area contributed by atoms with Crippen LogP contribution in [-0.4, -0.2) is 32.4 Å². The molecule has 0 saturated carbocycles. The number of benzene rings is 1. The average molecular weight is 294 g/mol. The minimum atomic E-state index is -2.21. The van der Waals surface area contributed by atoms with E-state index in [4.69, 9.17) is 10.3 Å². The van der Waals surface area contributed by atoms with Crippen molar-refractivity contribution >= 4 is 17.1 Å². The number of hydrogen-bond donors (Lipinski definition) is 2. The van der Waals surface area contributed by atoms with Crippen LogP contribution >= 0.6 is 0 Å². The molecule has 9 nitrogen and oxygen atoms in total. The summed E-state index contributed by atoms with van der Waals surface area (Å²) in [6, 6.07) is 2.94. The smallest absolute Gasteiger partial charge is 0.335 e. The molecule has 0 bridgehead atoms. The average Bonchev–Trinajstić information content (AvgIpc) is 2.91. The van der Waals surface area contributed by atoms with Crippen molar-refractivity contribution in [2.75, 3.05) is 0 Å². The molecular weight excluding hydrogens is 280 g/mol. The summed E-state index contributed by atoms with van der Waals surface area (Å²) < 4.78 is 4.85. The highest BCUT2D eigenvalue weighted by Gasteiger charge is 2.52. The second kappa shape index (κ2) is 5.44. The van der Waals surface area contributed by atoms with E-state index in [1.165, 1.54) is 18.2 Å². The van der Waals surface area contributed by atoms with E-state index >= 15 is 0 Å². The summed E-state index contributed by atoms with van der Waals surface area (Å²) in [6.45, 7) is 1.72. The molecule has 2 aromatic rings. The Bertz CT molecular complexity index is 685. The molecule has 2 unspecified atom stereocenters. The van der Waals surface area contributed by atoms with Crippen molar-refractivity contribution in [1.82, 2.24) is 10.4 Å². The van der Waals surface area contributed by atoms with Crippen molar-refractivity contribution in [3.05, 3.63) is 33.9 Å². The quantitative estimate of drug-likeness (QED) is 0.590. The number of hydrogen-bond acceptors (Lipinski definition) is 7. The summed E-state index contributed by atoms with van der Waals surface area (Å²) in [5.41, 5.74) is 4.12. The van der Waals surface area contributed by atoms with E-state index < -0.39 is 22.5 Å². The predicted molar refractivity (Wildman–Crippen MR) is 71.0 cm³/mol. The first-order valence-electron chi connectivity index (χ1n) is 6.30. The van der Waals surface area contributed by atoms with Crippen LogP contribution in [0.15, 0.2) is 22.7 Å². The van der Waals surface area contributed by atoms with Gasteiger partial charge in [0.25, 0.3) is 0 Å². The Morgan fingerprint density at radius 2 is 2.33 bits per heavy atom.